The molecule has 0 fully saturated rings. The summed E-state index contributed by atoms with van der Waals surface area (Å²) in [5, 5.41) is 9.53. The van der Waals surface area contributed by atoms with Gasteiger partial charge in [-0.2, -0.15) is 9.78 Å². The topological polar surface area (TPSA) is 88.5 Å². The minimum Gasteiger partial charge on any atom is -0.445 e. The molecular weight excluding hydrogens is 406 g/mol. The van der Waals surface area contributed by atoms with Crippen molar-refractivity contribution in [2.75, 3.05) is 16.9 Å². The minimum absolute atomic E-state index is 0.0813. The number of hydrazine groups is 1. The van der Waals surface area contributed by atoms with Gasteiger partial charge < -0.3 is 10.1 Å². The number of carbonyl (C=O) groups excluding carboxylic acids is 2. The average Bonchev–Trinajstić information content (AvgIpc) is 3.31. The lowest BCUT2D eigenvalue weighted by Crippen LogP contribution is -2.43. The summed E-state index contributed by atoms with van der Waals surface area (Å²) in [6.45, 7) is 10.8. The molecule has 0 atom stereocenters. The van der Waals surface area contributed by atoms with Crippen LogP contribution in [0.2, 0.25) is 0 Å². The van der Waals surface area contributed by atoms with Crippen molar-refractivity contribution in [1.29, 1.82) is 0 Å². The van der Waals surface area contributed by atoms with Gasteiger partial charge in [-0.15, -0.1) is 0 Å². The van der Waals surface area contributed by atoms with E-state index in [1.165, 1.54) is 15.8 Å². The Kier molecular flexibility index (Phi) is 5.54. The van der Waals surface area contributed by atoms with Crippen LogP contribution < -0.4 is 15.8 Å². The molecule has 0 saturated heterocycles. The number of carbonyl (C=O) groups is 2. The van der Waals surface area contributed by atoms with Crippen molar-refractivity contribution in [1.82, 2.24) is 15.2 Å². The predicted molar refractivity (Wildman–Crippen MR) is 125 cm³/mol. The zero-order valence-electron chi connectivity index (χ0n) is 19.1. The van der Waals surface area contributed by atoms with Crippen molar-refractivity contribution in [2.45, 2.75) is 52.6 Å². The summed E-state index contributed by atoms with van der Waals surface area (Å²) in [5.41, 5.74) is 7.65. The molecule has 0 aliphatic carbocycles. The van der Waals surface area contributed by atoms with Gasteiger partial charge in [-0.1, -0.05) is 39.0 Å². The maximum Gasteiger partial charge on any atom is 0.435 e. The second-order valence-corrected chi connectivity index (χ2v) is 9.29. The van der Waals surface area contributed by atoms with Gasteiger partial charge >= 0.3 is 12.1 Å². The molecule has 1 aromatic heterocycles. The quantitative estimate of drug-likeness (QED) is 0.615. The van der Waals surface area contributed by atoms with Gasteiger partial charge in [0.15, 0.2) is 0 Å². The number of ether oxygens (including phenoxy) is 1. The highest BCUT2D eigenvalue weighted by atomic mass is 16.6. The Bertz CT molecular complexity index is 1180. The molecule has 3 aromatic rings. The van der Waals surface area contributed by atoms with E-state index in [0.717, 1.165) is 12.1 Å². The van der Waals surface area contributed by atoms with Crippen molar-refractivity contribution in [2.24, 2.45) is 0 Å². The van der Waals surface area contributed by atoms with E-state index in [1.54, 1.807) is 38.2 Å². The normalized spacial score (nSPS) is 13.4. The van der Waals surface area contributed by atoms with E-state index in [-0.39, 0.29) is 17.6 Å². The number of benzene rings is 2. The molecule has 1 aliphatic heterocycles. The van der Waals surface area contributed by atoms with Crippen LogP contribution in [0.1, 0.15) is 45.7 Å². The van der Waals surface area contributed by atoms with Crippen LogP contribution in [0, 0.1) is 0 Å². The molecule has 1 aliphatic rings. The lowest BCUT2D eigenvalue weighted by Gasteiger charge is -2.23. The first-order chi connectivity index (χ1) is 15.1. The monoisotopic (exact) mass is 435 g/mol. The van der Waals surface area contributed by atoms with Crippen molar-refractivity contribution in [3.05, 3.63) is 53.7 Å². The van der Waals surface area contributed by atoms with E-state index in [2.05, 4.69) is 54.8 Å². The molecule has 0 unspecified atom stereocenters. The third-order valence-electron chi connectivity index (χ3n) is 5.45. The molecular formula is C24H29N5O3. The maximum absolute atomic E-state index is 12.8. The van der Waals surface area contributed by atoms with Crippen molar-refractivity contribution in [3.63, 3.8) is 0 Å². The summed E-state index contributed by atoms with van der Waals surface area (Å²) in [7, 11) is 0. The smallest absolute Gasteiger partial charge is 0.435 e. The molecule has 0 bridgehead atoms. The Balaban J connectivity index is 1.49. The van der Waals surface area contributed by atoms with Gasteiger partial charge in [-0.25, -0.2) is 15.0 Å². The van der Waals surface area contributed by atoms with E-state index in [1.807, 2.05) is 5.01 Å². The SMILES string of the molecule is CC(C)OC(=O)n1ncc2c(NC(=O)NN3CCc4cc(C(C)(C)C)ccc43)cccc21. The third kappa shape index (κ3) is 4.26. The molecule has 2 amide bonds. The summed E-state index contributed by atoms with van der Waals surface area (Å²) in [5.74, 6) is 0. The Labute approximate surface area is 187 Å². The molecule has 0 spiro atoms. The molecule has 8 heteroatoms. The lowest BCUT2D eigenvalue weighted by atomic mass is 9.86. The van der Waals surface area contributed by atoms with Crippen molar-refractivity contribution >= 4 is 34.4 Å². The summed E-state index contributed by atoms with van der Waals surface area (Å²) in [6.07, 6.45) is 1.61. The molecule has 4 rings (SSSR count). The number of anilines is 2. The van der Waals surface area contributed by atoms with E-state index in [0.29, 0.717) is 23.1 Å². The molecule has 2 aromatic carbocycles. The Morgan fingerprint density at radius 1 is 1.16 bits per heavy atom. The van der Waals surface area contributed by atoms with Gasteiger partial charge in [0.05, 0.1) is 29.2 Å². The van der Waals surface area contributed by atoms with E-state index >= 15 is 0 Å². The van der Waals surface area contributed by atoms with Gasteiger partial charge in [-0.05, 0) is 55.0 Å². The second-order valence-electron chi connectivity index (χ2n) is 9.29. The fourth-order valence-corrected chi connectivity index (χ4v) is 3.81. The number of aromatic nitrogens is 2. The van der Waals surface area contributed by atoms with Crippen LogP contribution in [0.25, 0.3) is 10.9 Å². The van der Waals surface area contributed by atoms with Gasteiger partial charge in [0, 0.05) is 11.9 Å². The Morgan fingerprint density at radius 3 is 2.66 bits per heavy atom. The Morgan fingerprint density at radius 2 is 1.94 bits per heavy atom. The number of amides is 2. The number of rotatable bonds is 3. The van der Waals surface area contributed by atoms with Gasteiger partial charge in [0.25, 0.3) is 0 Å². The molecule has 0 saturated carbocycles. The van der Waals surface area contributed by atoms with Crippen LogP contribution in [-0.2, 0) is 16.6 Å². The van der Waals surface area contributed by atoms with Crippen LogP contribution in [0.5, 0.6) is 0 Å². The summed E-state index contributed by atoms with van der Waals surface area (Å²) >= 11 is 0. The van der Waals surface area contributed by atoms with Crippen LogP contribution in [0.15, 0.2) is 42.6 Å². The van der Waals surface area contributed by atoms with Gasteiger partial charge in [0.2, 0.25) is 0 Å². The molecule has 0 radical (unpaired) electrons. The number of hydrogen-bond acceptors (Lipinski definition) is 5. The largest absolute Gasteiger partial charge is 0.445 e. The lowest BCUT2D eigenvalue weighted by molar-refractivity contribution is 0.115. The fraction of sp³-hybridized carbons (Fsp3) is 0.375. The van der Waals surface area contributed by atoms with Crippen molar-refractivity contribution in [3.8, 4) is 0 Å². The highest BCUT2D eigenvalue weighted by Crippen LogP contribution is 2.32. The fourth-order valence-electron chi connectivity index (χ4n) is 3.81. The predicted octanol–water partition coefficient (Wildman–Crippen LogP) is 4.83. The maximum atomic E-state index is 12.8. The molecule has 2 N–H and O–H groups in total. The standard InChI is InChI=1S/C24H29N5O3/c1-15(2)32-23(31)29-21-8-6-7-19(18(21)14-25-29)26-22(30)27-28-12-11-16-13-17(24(3,4)5)9-10-20(16)28/h6-10,13-15H,11-12H2,1-5H3,(H2,26,27,30). The zero-order valence-corrected chi connectivity index (χ0v) is 19.1. The number of hydrogen-bond donors (Lipinski definition) is 2. The number of fused-ring (bicyclic) bond motifs is 2. The average molecular weight is 436 g/mol. The molecule has 2 heterocycles. The highest BCUT2D eigenvalue weighted by Gasteiger charge is 2.24. The highest BCUT2D eigenvalue weighted by molar-refractivity contribution is 6.02. The molecule has 168 valence electrons. The first-order valence-electron chi connectivity index (χ1n) is 10.8. The van der Waals surface area contributed by atoms with Gasteiger partial charge in [-0.3, -0.25) is 5.01 Å². The Hall–Kier alpha value is -3.55. The summed E-state index contributed by atoms with van der Waals surface area (Å²) in [6, 6.07) is 11.3. The van der Waals surface area contributed by atoms with Crippen LogP contribution in [-0.4, -0.2) is 34.6 Å². The first-order valence-corrected chi connectivity index (χ1v) is 10.8. The van der Waals surface area contributed by atoms with Gasteiger partial charge in [0.1, 0.15) is 0 Å². The number of nitrogens with one attached hydrogen (secondary N) is 2. The number of urea groups is 1. The van der Waals surface area contributed by atoms with Crippen LogP contribution >= 0.6 is 0 Å². The number of nitrogens with zero attached hydrogens (tertiary/aromatic N) is 3. The first kappa shape index (κ1) is 21.7. The van der Waals surface area contributed by atoms with Crippen molar-refractivity contribution < 1.29 is 14.3 Å². The third-order valence-corrected chi connectivity index (χ3v) is 5.45. The molecule has 8 nitrogen and oxygen atoms in total. The van der Waals surface area contributed by atoms with Crippen LogP contribution in [0.4, 0.5) is 21.0 Å². The van der Waals surface area contributed by atoms with E-state index in [9.17, 15) is 9.59 Å². The molecule has 32 heavy (non-hydrogen) atoms. The van der Waals surface area contributed by atoms with E-state index < -0.39 is 6.09 Å². The van der Waals surface area contributed by atoms with E-state index in [4.69, 9.17) is 4.74 Å². The summed E-state index contributed by atoms with van der Waals surface area (Å²) < 4.78 is 6.43. The van der Waals surface area contributed by atoms with Crippen LogP contribution in [0.3, 0.4) is 0 Å². The second kappa shape index (κ2) is 8.18. The zero-order chi connectivity index (χ0) is 23.0. The minimum atomic E-state index is -0.556. The summed E-state index contributed by atoms with van der Waals surface area (Å²) in [4.78, 5) is 25.0.